The lowest BCUT2D eigenvalue weighted by molar-refractivity contribution is 0.0950. The molecule has 4 nitrogen and oxygen atoms in total. The summed E-state index contributed by atoms with van der Waals surface area (Å²) in [5.41, 5.74) is 4.64. The van der Waals surface area contributed by atoms with Crippen molar-refractivity contribution in [2.45, 2.75) is 50.6 Å². The third-order valence-electron chi connectivity index (χ3n) is 4.69. The van der Waals surface area contributed by atoms with Gasteiger partial charge in [0.2, 0.25) is 0 Å². The summed E-state index contributed by atoms with van der Waals surface area (Å²) < 4.78 is 0. The first-order valence-electron chi connectivity index (χ1n) is 7.76. The van der Waals surface area contributed by atoms with E-state index in [2.05, 4.69) is 35.4 Å². The summed E-state index contributed by atoms with van der Waals surface area (Å²) in [7, 11) is 4.44. The Morgan fingerprint density at radius 3 is 2.79 bits per heavy atom. The predicted molar refractivity (Wildman–Crippen MR) is 80.8 cm³/mol. The van der Waals surface area contributed by atoms with Crippen molar-refractivity contribution in [3.05, 3.63) is 11.6 Å². The van der Waals surface area contributed by atoms with Crippen molar-refractivity contribution in [2.24, 2.45) is 5.84 Å². The molecule has 19 heavy (non-hydrogen) atoms. The number of hydrazine groups is 1. The van der Waals surface area contributed by atoms with Crippen LogP contribution in [0.25, 0.3) is 0 Å². The number of hydrogen-bond donors (Lipinski definition) is 2. The van der Waals surface area contributed by atoms with E-state index in [1.165, 1.54) is 44.1 Å². The van der Waals surface area contributed by atoms with Crippen molar-refractivity contribution in [3.8, 4) is 0 Å². The Bertz CT molecular complexity index is 303. The van der Waals surface area contributed by atoms with Gasteiger partial charge in [0.05, 0.1) is 6.04 Å². The Morgan fingerprint density at radius 2 is 2.00 bits per heavy atom. The van der Waals surface area contributed by atoms with Crippen LogP contribution in [0.3, 0.4) is 0 Å². The fraction of sp³-hybridized carbons (Fsp3) is 0.867. The molecular weight excluding hydrogens is 236 g/mol. The minimum Gasteiger partial charge on any atom is -0.303 e. The zero-order valence-corrected chi connectivity index (χ0v) is 12.6. The highest BCUT2D eigenvalue weighted by Gasteiger charge is 2.31. The second-order valence-corrected chi connectivity index (χ2v) is 6.19. The molecule has 0 amide bonds. The first-order chi connectivity index (χ1) is 9.22. The molecule has 4 heteroatoms. The van der Waals surface area contributed by atoms with Crippen LogP contribution >= 0.6 is 0 Å². The summed E-state index contributed by atoms with van der Waals surface area (Å²) in [5.74, 6) is 5.90. The number of allylic oxidation sites excluding steroid dienone is 1. The van der Waals surface area contributed by atoms with Gasteiger partial charge in [-0.3, -0.25) is 16.2 Å². The molecule has 1 saturated heterocycles. The van der Waals surface area contributed by atoms with Gasteiger partial charge < -0.3 is 4.90 Å². The number of piperazine rings is 1. The lowest BCUT2D eigenvalue weighted by Gasteiger charge is -2.42. The van der Waals surface area contributed by atoms with Gasteiger partial charge in [0.15, 0.2) is 0 Å². The van der Waals surface area contributed by atoms with E-state index in [-0.39, 0.29) is 0 Å². The lowest BCUT2D eigenvalue weighted by atomic mass is 9.90. The maximum Gasteiger partial charge on any atom is 0.0587 e. The lowest BCUT2D eigenvalue weighted by Crippen LogP contribution is -2.60. The minimum atomic E-state index is 0.311. The van der Waals surface area contributed by atoms with Crippen molar-refractivity contribution >= 4 is 0 Å². The second kappa shape index (κ2) is 7.39. The van der Waals surface area contributed by atoms with Gasteiger partial charge in [-0.05, 0) is 39.8 Å². The molecule has 0 aromatic carbocycles. The zero-order valence-electron chi connectivity index (χ0n) is 12.6. The molecular formula is C15H30N4. The van der Waals surface area contributed by atoms with Gasteiger partial charge >= 0.3 is 0 Å². The van der Waals surface area contributed by atoms with Gasteiger partial charge in [-0.25, -0.2) is 0 Å². The van der Waals surface area contributed by atoms with E-state index in [1.54, 1.807) is 0 Å². The Morgan fingerprint density at radius 1 is 1.21 bits per heavy atom. The number of hydrogen-bond acceptors (Lipinski definition) is 4. The van der Waals surface area contributed by atoms with Crippen LogP contribution in [-0.2, 0) is 0 Å². The predicted octanol–water partition coefficient (Wildman–Crippen LogP) is 1.34. The third kappa shape index (κ3) is 4.02. The van der Waals surface area contributed by atoms with Crippen LogP contribution in [0.2, 0.25) is 0 Å². The Balaban J connectivity index is 2.08. The van der Waals surface area contributed by atoms with Crippen LogP contribution in [0.4, 0.5) is 0 Å². The quantitative estimate of drug-likeness (QED) is 0.460. The molecule has 1 fully saturated rings. The average Bonchev–Trinajstić information content (AvgIpc) is 2.36. The van der Waals surface area contributed by atoms with Gasteiger partial charge in [0.1, 0.15) is 0 Å². The molecule has 2 rings (SSSR count). The van der Waals surface area contributed by atoms with Crippen LogP contribution in [0.5, 0.6) is 0 Å². The molecule has 1 heterocycles. The normalized spacial score (nSPS) is 29.4. The van der Waals surface area contributed by atoms with E-state index in [9.17, 15) is 0 Å². The van der Waals surface area contributed by atoms with Crippen molar-refractivity contribution in [3.63, 3.8) is 0 Å². The monoisotopic (exact) mass is 266 g/mol. The molecule has 0 aromatic rings. The number of likely N-dealkylation sites (N-methyl/N-ethyl adjacent to an activating group) is 2. The first kappa shape index (κ1) is 15.0. The van der Waals surface area contributed by atoms with Crippen molar-refractivity contribution in [1.82, 2.24) is 15.2 Å². The van der Waals surface area contributed by atoms with E-state index in [4.69, 9.17) is 5.84 Å². The van der Waals surface area contributed by atoms with E-state index in [0.29, 0.717) is 12.1 Å². The van der Waals surface area contributed by atoms with Gasteiger partial charge in [-0.15, -0.1) is 0 Å². The molecule has 0 radical (unpaired) electrons. The topological polar surface area (TPSA) is 44.5 Å². The summed E-state index contributed by atoms with van der Waals surface area (Å²) in [4.78, 5) is 4.88. The van der Waals surface area contributed by atoms with Crippen LogP contribution in [0.1, 0.15) is 38.5 Å². The van der Waals surface area contributed by atoms with E-state index in [1.807, 2.05) is 0 Å². The number of nitrogens with one attached hydrogen (secondary N) is 1. The Hall–Kier alpha value is -0.420. The molecule has 2 atom stereocenters. The standard InChI is InChI=1S/C15H30N4/c1-18-10-11-19(2)14(12-18)15(17-16)13-8-6-4-3-5-7-9-13/h8,14-15,17H,3-7,9-12,16H2,1-2H3. The van der Waals surface area contributed by atoms with Crippen LogP contribution in [0.15, 0.2) is 11.6 Å². The highest BCUT2D eigenvalue weighted by Crippen LogP contribution is 2.23. The highest BCUT2D eigenvalue weighted by atomic mass is 15.3. The van der Waals surface area contributed by atoms with E-state index < -0.39 is 0 Å². The molecule has 0 bridgehead atoms. The fourth-order valence-corrected chi connectivity index (χ4v) is 3.37. The molecule has 0 saturated carbocycles. The van der Waals surface area contributed by atoms with E-state index in [0.717, 1.165) is 19.6 Å². The number of nitrogens with zero attached hydrogens (tertiary/aromatic N) is 2. The summed E-state index contributed by atoms with van der Waals surface area (Å²) >= 11 is 0. The van der Waals surface area contributed by atoms with Gasteiger partial charge in [0, 0.05) is 25.7 Å². The van der Waals surface area contributed by atoms with Crippen LogP contribution in [-0.4, -0.2) is 55.6 Å². The molecule has 1 aliphatic heterocycles. The van der Waals surface area contributed by atoms with Crippen LogP contribution in [0, 0.1) is 0 Å². The Labute approximate surface area is 118 Å². The highest BCUT2D eigenvalue weighted by molar-refractivity contribution is 5.16. The van der Waals surface area contributed by atoms with Crippen molar-refractivity contribution in [1.29, 1.82) is 0 Å². The maximum absolute atomic E-state index is 5.90. The molecule has 2 aliphatic rings. The molecule has 0 spiro atoms. The van der Waals surface area contributed by atoms with Gasteiger partial charge in [-0.2, -0.15) is 0 Å². The average molecular weight is 266 g/mol. The smallest absolute Gasteiger partial charge is 0.0587 e. The van der Waals surface area contributed by atoms with Crippen molar-refractivity contribution in [2.75, 3.05) is 33.7 Å². The van der Waals surface area contributed by atoms with Crippen LogP contribution < -0.4 is 11.3 Å². The summed E-state index contributed by atoms with van der Waals surface area (Å²) in [6, 6.07) is 0.806. The molecule has 2 unspecified atom stereocenters. The number of rotatable bonds is 3. The summed E-state index contributed by atoms with van der Waals surface area (Å²) in [6.45, 7) is 3.39. The largest absolute Gasteiger partial charge is 0.303 e. The molecule has 0 aromatic heterocycles. The molecule has 1 aliphatic carbocycles. The molecule has 3 N–H and O–H groups in total. The second-order valence-electron chi connectivity index (χ2n) is 6.19. The summed E-state index contributed by atoms with van der Waals surface area (Å²) in [5, 5.41) is 0. The minimum absolute atomic E-state index is 0.311. The summed E-state index contributed by atoms with van der Waals surface area (Å²) in [6.07, 6.45) is 10.3. The number of nitrogens with two attached hydrogens (primary N) is 1. The maximum atomic E-state index is 5.90. The first-order valence-corrected chi connectivity index (χ1v) is 7.76. The fourth-order valence-electron chi connectivity index (χ4n) is 3.37. The zero-order chi connectivity index (χ0) is 13.7. The van der Waals surface area contributed by atoms with E-state index >= 15 is 0 Å². The SMILES string of the molecule is CN1CCN(C)C(C(NN)C2=CCCCCCC2)C1. The van der Waals surface area contributed by atoms with Gasteiger partial charge in [0.25, 0.3) is 0 Å². The Kier molecular flexibility index (Phi) is 5.82. The van der Waals surface area contributed by atoms with Crippen molar-refractivity contribution < 1.29 is 0 Å². The third-order valence-corrected chi connectivity index (χ3v) is 4.69. The van der Waals surface area contributed by atoms with Gasteiger partial charge in [-0.1, -0.05) is 24.5 Å². The molecule has 110 valence electrons.